The van der Waals surface area contributed by atoms with Crippen LogP contribution in [0.4, 0.5) is 5.69 Å². The second-order valence-electron chi connectivity index (χ2n) is 4.51. The number of aromatic nitrogens is 3. The molecule has 104 valence electrons. The number of nitrogens with two attached hydrogens (primary N) is 2. The van der Waals surface area contributed by atoms with E-state index in [1.54, 1.807) is 24.5 Å². The largest absolute Gasteiger partial charge is 0.399 e. The van der Waals surface area contributed by atoms with Crippen LogP contribution >= 0.6 is 0 Å². The Morgan fingerprint density at radius 3 is 2.43 bits per heavy atom. The standard InChI is InChI=1S/C15H13N5O/c16-12-4-1-10(2-5-12)15-18-7-8-20(15)13-6-3-11(9-19-13)14(17)21/h1-9H,16H2,(H2,17,21). The van der Waals surface area contributed by atoms with Crippen molar-refractivity contribution >= 4 is 11.6 Å². The van der Waals surface area contributed by atoms with Crippen molar-refractivity contribution in [3.05, 3.63) is 60.6 Å². The first-order chi connectivity index (χ1) is 10.1. The average molecular weight is 279 g/mol. The van der Waals surface area contributed by atoms with Gasteiger partial charge in [0.15, 0.2) is 0 Å². The highest BCUT2D eigenvalue weighted by molar-refractivity contribution is 5.92. The number of benzene rings is 1. The molecule has 0 radical (unpaired) electrons. The molecule has 2 aromatic heterocycles. The van der Waals surface area contributed by atoms with Gasteiger partial charge in [-0.2, -0.15) is 0 Å². The molecule has 1 amide bonds. The molecular weight excluding hydrogens is 266 g/mol. The van der Waals surface area contributed by atoms with Crippen LogP contribution in [0.2, 0.25) is 0 Å². The van der Waals surface area contributed by atoms with Gasteiger partial charge in [-0.1, -0.05) is 0 Å². The topological polar surface area (TPSA) is 99.8 Å². The maximum absolute atomic E-state index is 11.1. The summed E-state index contributed by atoms with van der Waals surface area (Å²) >= 11 is 0. The van der Waals surface area contributed by atoms with Crippen molar-refractivity contribution in [1.29, 1.82) is 0 Å². The van der Waals surface area contributed by atoms with Crippen molar-refractivity contribution in [2.45, 2.75) is 0 Å². The fraction of sp³-hybridized carbons (Fsp3) is 0. The second-order valence-corrected chi connectivity index (χ2v) is 4.51. The van der Waals surface area contributed by atoms with Crippen molar-refractivity contribution in [2.24, 2.45) is 5.73 Å². The molecule has 21 heavy (non-hydrogen) atoms. The number of pyridine rings is 1. The number of nitrogens with zero attached hydrogens (tertiary/aromatic N) is 3. The summed E-state index contributed by atoms with van der Waals surface area (Å²) in [6, 6.07) is 10.8. The molecule has 3 aromatic rings. The zero-order chi connectivity index (χ0) is 14.8. The number of anilines is 1. The normalized spacial score (nSPS) is 10.5. The van der Waals surface area contributed by atoms with Gasteiger partial charge in [0.05, 0.1) is 5.56 Å². The van der Waals surface area contributed by atoms with Gasteiger partial charge in [-0.25, -0.2) is 9.97 Å². The molecule has 0 unspecified atom stereocenters. The van der Waals surface area contributed by atoms with Gasteiger partial charge in [0.1, 0.15) is 11.6 Å². The second kappa shape index (κ2) is 5.09. The number of nitrogen functional groups attached to an aromatic ring is 1. The van der Waals surface area contributed by atoms with Crippen molar-refractivity contribution in [3.63, 3.8) is 0 Å². The predicted molar refractivity (Wildman–Crippen MR) is 79.7 cm³/mol. The SMILES string of the molecule is NC(=O)c1ccc(-n2ccnc2-c2ccc(N)cc2)nc1. The average Bonchev–Trinajstić information content (AvgIpc) is 2.97. The lowest BCUT2D eigenvalue weighted by atomic mass is 10.2. The van der Waals surface area contributed by atoms with Crippen LogP contribution in [0.1, 0.15) is 10.4 Å². The molecule has 0 spiro atoms. The molecule has 0 saturated carbocycles. The number of primary amides is 1. The van der Waals surface area contributed by atoms with Crippen LogP contribution in [0, 0.1) is 0 Å². The third-order valence-electron chi connectivity index (χ3n) is 3.09. The van der Waals surface area contributed by atoms with Gasteiger partial charge in [0.2, 0.25) is 5.91 Å². The fourth-order valence-corrected chi connectivity index (χ4v) is 2.01. The highest BCUT2D eigenvalue weighted by Crippen LogP contribution is 2.21. The first kappa shape index (κ1) is 12.9. The minimum Gasteiger partial charge on any atom is -0.399 e. The summed E-state index contributed by atoms with van der Waals surface area (Å²) in [5, 5.41) is 0. The van der Waals surface area contributed by atoms with Crippen molar-refractivity contribution in [3.8, 4) is 17.2 Å². The summed E-state index contributed by atoms with van der Waals surface area (Å²) in [5.74, 6) is 0.900. The number of amides is 1. The molecule has 0 fully saturated rings. The monoisotopic (exact) mass is 279 g/mol. The molecule has 0 aliphatic heterocycles. The Bertz CT molecular complexity index is 775. The Balaban J connectivity index is 2.02. The van der Waals surface area contributed by atoms with E-state index < -0.39 is 5.91 Å². The van der Waals surface area contributed by atoms with Gasteiger partial charge >= 0.3 is 0 Å². The molecule has 1 aromatic carbocycles. The van der Waals surface area contributed by atoms with Crippen LogP contribution in [0.5, 0.6) is 0 Å². The summed E-state index contributed by atoms with van der Waals surface area (Å²) in [5.41, 5.74) is 12.9. The lowest BCUT2D eigenvalue weighted by molar-refractivity contribution is 0.1000. The van der Waals surface area contributed by atoms with Gasteiger partial charge in [0.25, 0.3) is 0 Å². The lowest BCUT2D eigenvalue weighted by Crippen LogP contribution is -2.11. The molecule has 3 rings (SSSR count). The Kier molecular flexibility index (Phi) is 3.12. The van der Waals surface area contributed by atoms with E-state index in [4.69, 9.17) is 11.5 Å². The van der Waals surface area contributed by atoms with E-state index in [1.807, 2.05) is 28.8 Å². The van der Waals surface area contributed by atoms with Crippen molar-refractivity contribution in [2.75, 3.05) is 5.73 Å². The fourth-order valence-electron chi connectivity index (χ4n) is 2.01. The smallest absolute Gasteiger partial charge is 0.250 e. The van der Waals surface area contributed by atoms with E-state index in [1.165, 1.54) is 6.20 Å². The molecule has 0 aliphatic carbocycles. The Labute approximate surface area is 121 Å². The molecule has 2 heterocycles. The minimum atomic E-state index is -0.501. The Morgan fingerprint density at radius 2 is 1.81 bits per heavy atom. The lowest BCUT2D eigenvalue weighted by Gasteiger charge is -2.07. The number of hydrogen-bond acceptors (Lipinski definition) is 4. The number of carbonyl (C=O) groups excluding carboxylic acids is 1. The zero-order valence-electron chi connectivity index (χ0n) is 11.1. The molecule has 6 heteroatoms. The highest BCUT2D eigenvalue weighted by Gasteiger charge is 2.09. The zero-order valence-corrected chi connectivity index (χ0v) is 11.1. The molecule has 0 saturated heterocycles. The van der Waals surface area contributed by atoms with Crippen molar-refractivity contribution in [1.82, 2.24) is 14.5 Å². The summed E-state index contributed by atoms with van der Waals surface area (Å²) in [7, 11) is 0. The third kappa shape index (κ3) is 2.46. The molecule has 0 atom stereocenters. The molecule has 0 aliphatic rings. The first-order valence-corrected chi connectivity index (χ1v) is 6.30. The number of carbonyl (C=O) groups is 1. The summed E-state index contributed by atoms with van der Waals surface area (Å²) in [6.07, 6.45) is 4.94. The van der Waals surface area contributed by atoms with Crippen LogP contribution in [-0.4, -0.2) is 20.4 Å². The van der Waals surface area contributed by atoms with Crippen LogP contribution in [0.15, 0.2) is 55.0 Å². The predicted octanol–water partition coefficient (Wildman–Crippen LogP) is 1.62. The summed E-state index contributed by atoms with van der Waals surface area (Å²) in [6.45, 7) is 0. The van der Waals surface area contributed by atoms with Crippen LogP contribution in [0.25, 0.3) is 17.2 Å². The van der Waals surface area contributed by atoms with Crippen LogP contribution in [-0.2, 0) is 0 Å². The summed E-state index contributed by atoms with van der Waals surface area (Å²) < 4.78 is 1.83. The third-order valence-corrected chi connectivity index (χ3v) is 3.09. The maximum Gasteiger partial charge on any atom is 0.250 e. The quantitative estimate of drug-likeness (QED) is 0.711. The first-order valence-electron chi connectivity index (χ1n) is 6.30. The number of hydrogen-bond donors (Lipinski definition) is 2. The van der Waals surface area contributed by atoms with Gasteiger partial charge in [-0.05, 0) is 36.4 Å². The molecule has 0 bridgehead atoms. The van der Waals surface area contributed by atoms with E-state index >= 15 is 0 Å². The Hall–Kier alpha value is -3.15. The van der Waals surface area contributed by atoms with E-state index in [2.05, 4.69) is 9.97 Å². The van der Waals surface area contributed by atoms with Crippen LogP contribution in [0.3, 0.4) is 0 Å². The van der Waals surface area contributed by atoms with Gasteiger partial charge in [-0.3, -0.25) is 9.36 Å². The van der Waals surface area contributed by atoms with Gasteiger partial charge < -0.3 is 11.5 Å². The van der Waals surface area contributed by atoms with E-state index in [-0.39, 0.29) is 0 Å². The minimum absolute atomic E-state index is 0.368. The maximum atomic E-state index is 11.1. The summed E-state index contributed by atoms with van der Waals surface area (Å²) in [4.78, 5) is 19.7. The van der Waals surface area contributed by atoms with Crippen molar-refractivity contribution < 1.29 is 4.79 Å². The van der Waals surface area contributed by atoms with E-state index in [0.29, 0.717) is 17.1 Å². The number of rotatable bonds is 3. The Morgan fingerprint density at radius 1 is 1.05 bits per heavy atom. The van der Waals surface area contributed by atoms with Gasteiger partial charge in [0, 0.05) is 29.8 Å². The molecule has 4 N–H and O–H groups in total. The van der Waals surface area contributed by atoms with Crippen LogP contribution < -0.4 is 11.5 Å². The molecular formula is C15H13N5O. The van der Waals surface area contributed by atoms with E-state index in [9.17, 15) is 4.79 Å². The van der Waals surface area contributed by atoms with E-state index in [0.717, 1.165) is 11.4 Å². The van der Waals surface area contributed by atoms with Gasteiger partial charge in [-0.15, -0.1) is 0 Å². The number of imidazole rings is 1. The molecule has 6 nitrogen and oxygen atoms in total. The highest BCUT2D eigenvalue weighted by atomic mass is 16.1.